The molecule has 0 unspecified atom stereocenters. The number of hydrogen-bond acceptors (Lipinski definition) is 4. The second-order valence-corrected chi connectivity index (χ2v) is 7.73. The van der Waals surface area contributed by atoms with E-state index in [-0.39, 0.29) is 5.75 Å². The van der Waals surface area contributed by atoms with Crippen LogP contribution in [0.3, 0.4) is 0 Å². The number of hydrogen-bond donors (Lipinski definition) is 1. The molecular formula is C23H25FN4O2. The number of aromatic nitrogens is 2. The molecule has 30 heavy (non-hydrogen) atoms. The molecule has 1 atom stereocenters. The van der Waals surface area contributed by atoms with Gasteiger partial charge < -0.3 is 10.5 Å². The second-order valence-electron chi connectivity index (χ2n) is 7.73. The van der Waals surface area contributed by atoms with E-state index in [1.807, 2.05) is 24.7 Å². The van der Waals surface area contributed by atoms with Crippen molar-refractivity contribution in [1.29, 1.82) is 0 Å². The van der Waals surface area contributed by atoms with Crippen LogP contribution in [0.15, 0.2) is 48.7 Å². The molecule has 7 heteroatoms. The molecule has 3 aromatic rings. The van der Waals surface area contributed by atoms with Gasteiger partial charge in [-0.15, -0.1) is 0 Å². The van der Waals surface area contributed by atoms with Gasteiger partial charge in [-0.05, 0) is 68.3 Å². The van der Waals surface area contributed by atoms with Gasteiger partial charge in [-0.25, -0.2) is 4.39 Å². The van der Waals surface area contributed by atoms with Crippen molar-refractivity contribution in [3.8, 4) is 11.5 Å². The lowest BCUT2D eigenvalue weighted by Crippen LogP contribution is -2.23. The van der Waals surface area contributed by atoms with Crippen molar-refractivity contribution < 1.29 is 13.9 Å². The van der Waals surface area contributed by atoms with Crippen LogP contribution in [0, 0.1) is 12.7 Å². The van der Waals surface area contributed by atoms with Crippen LogP contribution in [0.2, 0.25) is 0 Å². The first-order valence-corrected chi connectivity index (χ1v) is 10.0. The van der Waals surface area contributed by atoms with Crippen LogP contribution in [0.5, 0.6) is 11.5 Å². The van der Waals surface area contributed by atoms with E-state index in [1.54, 1.807) is 30.3 Å². The highest BCUT2D eigenvalue weighted by molar-refractivity contribution is 5.92. The maximum Gasteiger partial charge on any atom is 0.248 e. The molecule has 0 aliphatic carbocycles. The standard InChI is InChI=1S/C23H25FN4O2/c1-15-19(14-27(2)26-15)21-4-3-11-28(21)13-16-5-10-22(20(24)12-16)30-18-8-6-17(7-9-18)23(25)29/h5-10,12,14,21H,3-4,11,13H2,1-2H3,(H2,25,29)/t21-/m1/s1. The number of carbonyl (C=O) groups excluding carboxylic acids is 1. The van der Waals surface area contributed by atoms with Gasteiger partial charge >= 0.3 is 0 Å². The van der Waals surface area contributed by atoms with Crippen LogP contribution in [0.25, 0.3) is 0 Å². The largest absolute Gasteiger partial charge is 0.454 e. The minimum Gasteiger partial charge on any atom is -0.454 e. The summed E-state index contributed by atoms with van der Waals surface area (Å²) in [6, 6.07) is 11.7. The lowest BCUT2D eigenvalue weighted by molar-refractivity contribution is 0.100. The Balaban J connectivity index is 1.46. The van der Waals surface area contributed by atoms with Gasteiger partial charge in [0, 0.05) is 37.0 Å². The van der Waals surface area contributed by atoms with Crippen molar-refractivity contribution in [3.63, 3.8) is 0 Å². The molecule has 156 valence electrons. The van der Waals surface area contributed by atoms with E-state index in [2.05, 4.69) is 16.2 Å². The molecule has 1 fully saturated rings. The van der Waals surface area contributed by atoms with E-state index in [9.17, 15) is 9.18 Å². The molecule has 2 N–H and O–H groups in total. The van der Waals surface area contributed by atoms with E-state index in [4.69, 9.17) is 10.5 Å². The average molecular weight is 408 g/mol. The Kier molecular flexibility index (Phi) is 5.55. The number of ether oxygens (including phenoxy) is 1. The number of primary amides is 1. The Morgan fingerprint density at radius 2 is 2.03 bits per heavy atom. The Bertz CT molecular complexity index is 1060. The fourth-order valence-electron chi connectivity index (χ4n) is 4.09. The molecular weight excluding hydrogens is 383 g/mol. The molecule has 1 amide bonds. The van der Waals surface area contributed by atoms with Gasteiger partial charge in [0.2, 0.25) is 5.91 Å². The molecule has 0 bridgehead atoms. The van der Waals surface area contributed by atoms with Gasteiger partial charge in [-0.2, -0.15) is 5.10 Å². The number of aryl methyl sites for hydroxylation is 2. The van der Waals surface area contributed by atoms with Crippen LogP contribution < -0.4 is 10.5 Å². The Hall–Kier alpha value is -3.19. The summed E-state index contributed by atoms with van der Waals surface area (Å²) in [5, 5.41) is 4.47. The van der Waals surface area contributed by atoms with E-state index >= 15 is 0 Å². The van der Waals surface area contributed by atoms with Gasteiger partial charge in [0.15, 0.2) is 11.6 Å². The lowest BCUT2D eigenvalue weighted by atomic mass is 10.1. The summed E-state index contributed by atoms with van der Waals surface area (Å²) in [6.45, 7) is 3.68. The topological polar surface area (TPSA) is 73.4 Å². The molecule has 2 heterocycles. The first-order chi connectivity index (χ1) is 14.4. The zero-order chi connectivity index (χ0) is 21.3. The predicted molar refractivity (Wildman–Crippen MR) is 112 cm³/mol. The molecule has 0 saturated carbocycles. The number of rotatable bonds is 6. The number of likely N-dealkylation sites (tertiary alicyclic amines) is 1. The third-order valence-corrected chi connectivity index (χ3v) is 5.52. The smallest absolute Gasteiger partial charge is 0.248 e. The van der Waals surface area contributed by atoms with E-state index in [1.165, 1.54) is 11.6 Å². The monoisotopic (exact) mass is 408 g/mol. The average Bonchev–Trinajstić information content (AvgIpc) is 3.29. The van der Waals surface area contributed by atoms with E-state index < -0.39 is 11.7 Å². The molecule has 2 aromatic carbocycles. The molecule has 0 spiro atoms. The van der Waals surface area contributed by atoms with Crippen LogP contribution in [-0.4, -0.2) is 27.1 Å². The third-order valence-electron chi connectivity index (χ3n) is 5.52. The number of nitrogens with zero attached hydrogens (tertiary/aromatic N) is 3. The number of halogens is 1. The minimum absolute atomic E-state index is 0.145. The number of amides is 1. The summed E-state index contributed by atoms with van der Waals surface area (Å²) >= 11 is 0. The number of benzene rings is 2. The summed E-state index contributed by atoms with van der Waals surface area (Å²) < 4.78 is 22.1. The highest BCUT2D eigenvalue weighted by Gasteiger charge is 2.28. The Morgan fingerprint density at radius 3 is 2.67 bits per heavy atom. The van der Waals surface area contributed by atoms with E-state index in [0.29, 0.717) is 23.9 Å². The highest BCUT2D eigenvalue weighted by Crippen LogP contribution is 2.35. The first kappa shape index (κ1) is 20.1. The van der Waals surface area contributed by atoms with Crippen LogP contribution >= 0.6 is 0 Å². The maximum absolute atomic E-state index is 14.7. The summed E-state index contributed by atoms with van der Waals surface area (Å²) in [6.07, 6.45) is 4.28. The predicted octanol–water partition coefficient (Wildman–Crippen LogP) is 4.10. The zero-order valence-electron chi connectivity index (χ0n) is 17.1. The summed E-state index contributed by atoms with van der Waals surface area (Å²) in [4.78, 5) is 13.5. The quantitative estimate of drug-likeness (QED) is 0.667. The van der Waals surface area contributed by atoms with Crippen LogP contribution in [0.4, 0.5) is 4.39 Å². The fourth-order valence-corrected chi connectivity index (χ4v) is 4.09. The number of nitrogens with two attached hydrogens (primary N) is 1. The Labute approximate surface area is 175 Å². The summed E-state index contributed by atoms with van der Waals surface area (Å²) in [7, 11) is 1.94. The Morgan fingerprint density at radius 1 is 1.27 bits per heavy atom. The van der Waals surface area contributed by atoms with Crippen molar-refractivity contribution in [2.24, 2.45) is 12.8 Å². The molecule has 1 aliphatic rings. The van der Waals surface area contributed by atoms with Gasteiger partial charge in [0.25, 0.3) is 0 Å². The lowest BCUT2D eigenvalue weighted by Gasteiger charge is -2.24. The highest BCUT2D eigenvalue weighted by atomic mass is 19.1. The van der Waals surface area contributed by atoms with Crippen molar-refractivity contribution in [3.05, 3.63) is 76.9 Å². The molecule has 1 aromatic heterocycles. The molecule has 6 nitrogen and oxygen atoms in total. The fraction of sp³-hybridized carbons (Fsp3) is 0.304. The first-order valence-electron chi connectivity index (χ1n) is 10.0. The molecule has 1 saturated heterocycles. The summed E-state index contributed by atoms with van der Waals surface area (Å²) in [5.74, 6) is -0.344. The van der Waals surface area contributed by atoms with Crippen LogP contribution in [-0.2, 0) is 13.6 Å². The summed E-state index contributed by atoms with van der Waals surface area (Å²) in [5.41, 5.74) is 8.80. The molecule has 4 rings (SSSR count). The van der Waals surface area contributed by atoms with Crippen molar-refractivity contribution in [2.45, 2.75) is 32.4 Å². The minimum atomic E-state index is -0.515. The SMILES string of the molecule is Cc1nn(C)cc1[C@H]1CCCN1Cc1ccc(Oc2ccc(C(N)=O)cc2)c(F)c1. The van der Waals surface area contributed by atoms with Crippen molar-refractivity contribution in [2.75, 3.05) is 6.54 Å². The van der Waals surface area contributed by atoms with Crippen molar-refractivity contribution in [1.82, 2.24) is 14.7 Å². The number of carbonyl (C=O) groups is 1. The third kappa shape index (κ3) is 4.21. The normalized spacial score (nSPS) is 16.7. The zero-order valence-corrected chi connectivity index (χ0v) is 17.1. The second kappa shape index (κ2) is 8.28. The molecule has 1 aliphatic heterocycles. The molecule has 0 radical (unpaired) electrons. The van der Waals surface area contributed by atoms with Crippen molar-refractivity contribution >= 4 is 5.91 Å². The van der Waals surface area contributed by atoms with Gasteiger partial charge in [0.1, 0.15) is 5.75 Å². The van der Waals surface area contributed by atoms with Gasteiger partial charge in [-0.1, -0.05) is 6.07 Å². The van der Waals surface area contributed by atoms with Gasteiger partial charge in [-0.3, -0.25) is 14.4 Å². The van der Waals surface area contributed by atoms with Gasteiger partial charge in [0.05, 0.1) is 5.69 Å². The van der Waals surface area contributed by atoms with Crippen LogP contribution in [0.1, 0.15) is 46.1 Å². The maximum atomic E-state index is 14.7. The van der Waals surface area contributed by atoms with E-state index in [0.717, 1.165) is 30.6 Å².